The van der Waals surface area contributed by atoms with Crippen LogP contribution in [0.25, 0.3) is 11.3 Å². The van der Waals surface area contributed by atoms with Crippen molar-refractivity contribution >= 4 is 0 Å². The van der Waals surface area contributed by atoms with E-state index in [4.69, 9.17) is 0 Å². The van der Waals surface area contributed by atoms with Crippen LogP contribution in [0.15, 0.2) is 49.2 Å². The van der Waals surface area contributed by atoms with E-state index in [-0.39, 0.29) is 0 Å². The van der Waals surface area contributed by atoms with Crippen LogP contribution < -0.4 is 0 Å². The van der Waals surface area contributed by atoms with Crippen LogP contribution in [0.4, 0.5) is 0 Å². The number of aromatic nitrogens is 5. The minimum Gasteiger partial charge on any atom is -0.294 e. The minimum absolute atomic E-state index is 0.523. The monoisotopic (exact) mass is 322 g/mol. The van der Waals surface area contributed by atoms with Gasteiger partial charge in [0.1, 0.15) is 0 Å². The van der Waals surface area contributed by atoms with Crippen molar-refractivity contribution in [2.75, 3.05) is 6.54 Å². The van der Waals surface area contributed by atoms with Crippen LogP contribution in [-0.4, -0.2) is 42.4 Å². The van der Waals surface area contributed by atoms with Gasteiger partial charge in [0.25, 0.3) is 0 Å². The standard InChI is InChI=1S/C18H22N6/c1-2-9-23(17(6-1)14-24-10-4-8-21-24)13-16-12-20-22-18(16)15-5-3-7-19-11-15/h3-5,7-8,10-12,17H,1-2,6,9,13-14H2,(H,20,22). The van der Waals surface area contributed by atoms with E-state index in [1.807, 2.05) is 41.6 Å². The molecule has 4 rings (SSSR count). The van der Waals surface area contributed by atoms with Gasteiger partial charge >= 0.3 is 0 Å². The summed E-state index contributed by atoms with van der Waals surface area (Å²) in [5.41, 5.74) is 3.40. The molecule has 1 unspecified atom stereocenters. The zero-order valence-electron chi connectivity index (χ0n) is 13.7. The van der Waals surface area contributed by atoms with Crippen molar-refractivity contribution in [3.63, 3.8) is 0 Å². The Balaban J connectivity index is 1.52. The van der Waals surface area contributed by atoms with Gasteiger partial charge in [0.05, 0.1) is 18.4 Å². The van der Waals surface area contributed by atoms with Gasteiger partial charge in [-0.3, -0.25) is 19.7 Å². The van der Waals surface area contributed by atoms with Crippen molar-refractivity contribution in [2.24, 2.45) is 0 Å². The first kappa shape index (κ1) is 15.1. The molecule has 6 heteroatoms. The second-order valence-electron chi connectivity index (χ2n) is 6.36. The van der Waals surface area contributed by atoms with E-state index in [1.54, 1.807) is 6.20 Å². The molecule has 0 amide bonds. The molecule has 0 bridgehead atoms. The molecular weight excluding hydrogens is 300 g/mol. The molecule has 6 nitrogen and oxygen atoms in total. The van der Waals surface area contributed by atoms with Crippen LogP contribution in [-0.2, 0) is 13.1 Å². The van der Waals surface area contributed by atoms with Gasteiger partial charge in [0.15, 0.2) is 0 Å². The molecule has 124 valence electrons. The van der Waals surface area contributed by atoms with Gasteiger partial charge in [-0.1, -0.05) is 6.42 Å². The Hall–Kier alpha value is -2.47. The highest BCUT2D eigenvalue weighted by atomic mass is 15.3. The van der Waals surface area contributed by atoms with Gasteiger partial charge < -0.3 is 0 Å². The third-order valence-corrected chi connectivity index (χ3v) is 4.75. The van der Waals surface area contributed by atoms with Gasteiger partial charge in [-0.25, -0.2) is 0 Å². The topological polar surface area (TPSA) is 62.6 Å². The summed E-state index contributed by atoms with van der Waals surface area (Å²) in [6.07, 6.45) is 13.3. The summed E-state index contributed by atoms with van der Waals surface area (Å²) >= 11 is 0. The van der Waals surface area contributed by atoms with Gasteiger partial charge in [-0.15, -0.1) is 0 Å². The summed E-state index contributed by atoms with van der Waals surface area (Å²) in [5, 5.41) is 11.8. The van der Waals surface area contributed by atoms with E-state index in [0.29, 0.717) is 6.04 Å². The Morgan fingerprint density at radius 2 is 2.17 bits per heavy atom. The Morgan fingerprint density at radius 3 is 3.00 bits per heavy atom. The summed E-state index contributed by atoms with van der Waals surface area (Å²) in [6.45, 7) is 2.99. The van der Waals surface area contributed by atoms with Crippen LogP contribution in [0.1, 0.15) is 24.8 Å². The SMILES string of the molecule is c1cncc(-c2[nH]ncc2CN2CCCCC2Cn2cccn2)c1. The molecule has 1 aliphatic heterocycles. The fourth-order valence-corrected chi connectivity index (χ4v) is 3.51. The number of nitrogens with zero attached hydrogens (tertiary/aromatic N) is 5. The van der Waals surface area contributed by atoms with Crippen molar-refractivity contribution in [3.8, 4) is 11.3 Å². The summed E-state index contributed by atoms with van der Waals surface area (Å²) in [5.74, 6) is 0. The fraction of sp³-hybridized carbons (Fsp3) is 0.389. The molecule has 4 heterocycles. The van der Waals surface area contributed by atoms with Crippen molar-refractivity contribution in [2.45, 2.75) is 38.4 Å². The van der Waals surface area contributed by atoms with Crippen molar-refractivity contribution < 1.29 is 0 Å². The first-order valence-corrected chi connectivity index (χ1v) is 8.54. The van der Waals surface area contributed by atoms with E-state index in [0.717, 1.165) is 30.9 Å². The van der Waals surface area contributed by atoms with Crippen LogP contribution in [0.5, 0.6) is 0 Å². The molecular formula is C18H22N6. The predicted molar refractivity (Wildman–Crippen MR) is 92.1 cm³/mol. The molecule has 0 aliphatic carbocycles. The molecule has 0 spiro atoms. The Labute approximate surface area is 141 Å². The van der Waals surface area contributed by atoms with E-state index in [2.05, 4.69) is 31.2 Å². The van der Waals surface area contributed by atoms with Crippen LogP contribution in [0.3, 0.4) is 0 Å². The molecule has 3 aromatic rings. The highest BCUT2D eigenvalue weighted by molar-refractivity contribution is 5.61. The van der Waals surface area contributed by atoms with Gasteiger partial charge in [-0.05, 0) is 37.6 Å². The number of hydrogen-bond donors (Lipinski definition) is 1. The minimum atomic E-state index is 0.523. The molecule has 3 aromatic heterocycles. The Morgan fingerprint density at radius 1 is 1.17 bits per heavy atom. The number of H-pyrrole nitrogens is 1. The third-order valence-electron chi connectivity index (χ3n) is 4.75. The Bertz CT molecular complexity index is 749. The van der Waals surface area contributed by atoms with Crippen molar-refractivity contribution in [3.05, 3.63) is 54.7 Å². The van der Waals surface area contributed by atoms with E-state index >= 15 is 0 Å². The number of rotatable bonds is 5. The third kappa shape index (κ3) is 3.23. The average Bonchev–Trinajstić information content (AvgIpc) is 3.29. The molecule has 1 saturated heterocycles. The average molecular weight is 322 g/mol. The molecule has 1 N–H and O–H groups in total. The first-order chi connectivity index (χ1) is 11.9. The summed E-state index contributed by atoms with van der Waals surface area (Å²) in [7, 11) is 0. The van der Waals surface area contributed by atoms with Crippen LogP contribution >= 0.6 is 0 Å². The lowest BCUT2D eigenvalue weighted by molar-refractivity contribution is 0.122. The van der Waals surface area contributed by atoms with Crippen LogP contribution in [0, 0.1) is 0 Å². The molecule has 0 saturated carbocycles. The zero-order chi connectivity index (χ0) is 16.2. The van der Waals surface area contributed by atoms with E-state index in [1.165, 1.54) is 24.8 Å². The van der Waals surface area contributed by atoms with E-state index in [9.17, 15) is 0 Å². The van der Waals surface area contributed by atoms with Crippen molar-refractivity contribution in [1.82, 2.24) is 29.9 Å². The maximum Gasteiger partial charge on any atom is 0.0710 e. The molecule has 0 aromatic carbocycles. The first-order valence-electron chi connectivity index (χ1n) is 8.54. The van der Waals surface area contributed by atoms with E-state index < -0.39 is 0 Å². The number of hydrogen-bond acceptors (Lipinski definition) is 4. The molecule has 1 fully saturated rings. The summed E-state index contributed by atoms with van der Waals surface area (Å²) in [6, 6.07) is 6.54. The normalized spacial score (nSPS) is 18.8. The summed E-state index contributed by atoms with van der Waals surface area (Å²) in [4.78, 5) is 6.79. The number of aromatic amines is 1. The second kappa shape index (κ2) is 6.97. The zero-order valence-corrected chi connectivity index (χ0v) is 13.7. The molecule has 24 heavy (non-hydrogen) atoms. The van der Waals surface area contributed by atoms with Crippen LogP contribution in [0.2, 0.25) is 0 Å². The molecule has 1 atom stereocenters. The van der Waals surface area contributed by atoms with Gasteiger partial charge in [0, 0.05) is 48.5 Å². The lowest BCUT2D eigenvalue weighted by Crippen LogP contribution is -2.41. The number of pyridine rings is 1. The lowest BCUT2D eigenvalue weighted by atomic mass is 10.0. The predicted octanol–water partition coefficient (Wildman–Crippen LogP) is 2.72. The van der Waals surface area contributed by atoms with Gasteiger partial charge in [-0.2, -0.15) is 10.2 Å². The number of likely N-dealkylation sites (tertiary alicyclic amines) is 1. The lowest BCUT2D eigenvalue weighted by Gasteiger charge is -2.35. The second-order valence-corrected chi connectivity index (χ2v) is 6.36. The molecule has 0 radical (unpaired) electrons. The van der Waals surface area contributed by atoms with Crippen molar-refractivity contribution in [1.29, 1.82) is 0 Å². The largest absolute Gasteiger partial charge is 0.294 e. The molecule has 1 aliphatic rings. The highest BCUT2D eigenvalue weighted by Crippen LogP contribution is 2.25. The van der Waals surface area contributed by atoms with Gasteiger partial charge in [0.2, 0.25) is 0 Å². The quantitative estimate of drug-likeness (QED) is 0.784. The number of piperidine rings is 1. The fourth-order valence-electron chi connectivity index (χ4n) is 3.51. The smallest absolute Gasteiger partial charge is 0.0710 e. The highest BCUT2D eigenvalue weighted by Gasteiger charge is 2.24. The maximum atomic E-state index is 4.37. The number of nitrogens with one attached hydrogen (secondary N) is 1. The maximum absolute atomic E-state index is 4.37. The Kier molecular flexibility index (Phi) is 4.38. The summed E-state index contributed by atoms with van der Waals surface area (Å²) < 4.78 is 2.04.